The molecule has 2 aromatic carbocycles. The van der Waals surface area contributed by atoms with Crippen molar-refractivity contribution in [3.63, 3.8) is 0 Å². The smallest absolute Gasteiger partial charge is 0.262 e. The number of ether oxygens (including phenoxy) is 1. The molecule has 0 unspecified atom stereocenters. The highest BCUT2D eigenvalue weighted by Gasteiger charge is 2.09. The first-order chi connectivity index (χ1) is 12.6. The SMILES string of the molecule is Cc1nn(C)c2ncc(NC(=O)COc3ccc4ccccc4c3)cc12. The third-order valence-corrected chi connectivity index (χ3v) is 4.24. The van der Waals surface area contributed by atoms with Gasteiger partial charge >= 0.3 is 0 Å². The fraction of sp³-hybridized carbons (Fsp3) is 0.150. The number of benzene rings is 2. The monoisotopic (exact) mass is 346 g/mol. The summed E-state index contributed by atoms with van der Waals surface area (Å²) in [7, 11) is 1.85. The van der Waals surface area contributed by atoms with Gasteiger partial charge in [0.25, 0.3) is 5.91 Å². The van der Waals surface area contributed by atoms with Crippen LogP contribution in [-0.2, 0) is 11.8 Å². The number of amides is 1. The van der Waals surface area contributed by atoms with Crippen LogP contribution in [0.25, 0.3) is 21.8 Å². The van der Waals surface area contributed by atoms with Crippen molar-refractivity contribution >= 4 is 33.4 Å². The first-order valence-corrected chi connectivity index (χ1v) is 8.31. The fourth-order valence-electron chi connectivity index (χ4n) is 2.98. The molecule has 0 aliphatic rings. The molecule has 2 heterocycles. The van der Waals surface area contributed by atoms with Crippen molar-refractivity contribution in [2.24, 2.45) is 7.05 Å². The quantitative estimate of drug-likeness (QED) is 0.614. The number of nitrogens with one attached hydrogen (secondary N) is 1. The van der Waals surface area contributed by atoms with Crippen LogP contribution in [0.3, 0.4) is 0 Å². The number of rotatable bonds is 4. The molecule has 0 aliphatic carbocycles. The van der Waals surface area contributed by atoms with E-state index in [2.05, 4.69) is 15.4 Å². The third kappa shape index (κ3) is 3.09. The second kappa shape index (κ2) is 6.48. The summed E-state index contributed by atoms with van der Waals surface area (Å²) >= 11 is 0. The van der Waals surface area contributed by atoms with E-state index in [1.54, 1.807) is 10.9 Å². The molecule has 4 aromatic rings. The maximum atomic E-state index is 12.2. The molecule has 0 spiro atoms. The van der Waals surface area contributed by atoms with Gasteiger partial charge in [-0.15, -0.1) is 0 Å². The van der Waals surface area contributed by atoms with Gasteiger partial charge in [0.1, 0.15) is 5.75 Å². The van der Waals surface area contributed by atoms with Gasteiger partial charge in [-0.2, -0.15) is 5.10 Å². The average Bonchev–Trinajstić information content (AvgIpc) is 2.93. The number of pyridine rings is 1. The van der Waals surface area contributed by atoms with Crippen LogP contribution in [0.2, 0.25) is 0 Å². The molecule has 2 aromatic heterocycles. The number of aryl methyl sites for hydroxylation is 2. The van der Waals surface area contributed by atoms with Gasteiger partial charge in [0, 0.05) is 12.4 Å². The molecule has 6 nitrogen and oxygen atoms in total. The standard InChI is InChI=1S/C20H18N4O2/c1-13-18-10-16(11-21-20(18)24(2)23-13)22-19(25)12-26-17-8-7-14-5-3-4-6-15(14)9-17/h3-11H,12H2,1-2H3,(H,22,25). The summed E-state index contributed by atoms with van der Waals surface area (Å²) in [6.07, 6.45) is 1.62. The summed E-state index contributed by atoms with van der Waals surface area (Å²) in [5, 5.41) is 10.3. The largest absolute Gasteiger partial charge is 0.484 e. The molecule has 0 atom stereocenters. The number of hydrogen-bond acceptors (Lipinski definition) is 4. The van der Waals surface area contributed by atoms with Gasteiger partial charge in [-0.25, -0.2) is 4.98 Å². The maximum absolute atomic E-state index is 12.2. The minimum atomic E-state index is -0.235. The molecule has 0 fully saturated rings. The molecule has 4 rings (SSSR count). The Hall–Kier alpha value is -3.41. The Labute approximate surface area is 150 Å². The van der Waals surface area contributed by atoms with Crippen LogP contribution in [0.4, 0.5) is 5.69 Å². The average molecular weight is 346 g/mol. The summed E-state index contributed by atoms with van der Waals surface area (Å²) < 4.78 is 7.34. The minimum absolute atomic E-state index is 0.0671. The predicted molar refractivity (Wildman–Crippen MR) is 101 cm³/mol. The zero-order valence-electron chi connectivity index (χ0n) is 14.6. The number of anilines is 1. The molecule has 6 heteroatoms. The van der Waals surface area contributed by atoms with E-state index in [0.29, 0.717) is 11.4 Å². The van der Waals surface area contributed by atoms with E-state index in [1.807, 2.05) is 62.5 Å². The molecule has 0 saturated heterocycles. The van der Waals surface area contributed by atoms with Crippen LogP contribution in [0.1, 0.15) is 5.69 Å². The van der Waals surface area contributed by atoms with E-state index in [4.69, 9.17) is 4.74 Å². The van der Waals surface area contributed by atoms with Crippen molar-refractivity contribution in [3.8, 4) is 5.75 Å². The van der Waals surface area contributed by atoms with Crippen LogP contribution in [-0.4, -0.2) is 27.3 Å². The van der Waals surface area contributed by atoms with Gasteiger partial charge < -0.3 is 10.1 Å². The van der Waals surface area contributed by atoms with E-state index < -0.39 is 0 Å². The Morgan fingerprint density at radius 3 is 2.81 bits per heavy atom. The highest BCUT2D eigenvalue weighted by Crippen LogP contribution is 2.21. The lowest BCUT2D eigenvalue weighted by molar-refractivity contribution is -0.118. The number of hydrogen-bond donors (Lipinski definition) is 1. The van der Waals surface area contributed by atoms with Crippen LogP contribution < -0.4 is 10.1 Å². The van der Waals surface area contributed by atoms with Gasteiger partial charge in [0.05, 0.1) is 17.6 Å². The number of fused-ring (bicyclic) bond motifs is 2. The van der Waals surface area contributed by atoms with Crippen molar-refractivity contribution in [1.29, 1.82) is 0 Å². The van der Waals surface area contributed by atoms with Crippen LogP contribution in [0.5, 0.6) is 5.75 Å². The Bertz CT molecular complexity index is 1120. The Morgan fingerprint density at radius 1 is 1.15 bits per heavy atom. The van der Waals surface area contributed by atoms with Crippen molar-refractivity contribution < 1.29 is 9.53 Å². The Kier molecular flexibility index (Phi) is 4.01. The van der Waals surface area contributed by atoms with Crippen LogP contribution in [0, 0.1) is 6.92 Å². The molecule has 130 valence electrons. The van der Waals surface area contributed by atoms with Crippen molar-refractivity contribution in [3.05, 3.63) is 60.4 Å². The van der Waals surface area contributed by atoms with Gasteiger partial charge in [0.2, 0.25) is 0 Å². The zero-order valence-corrected chi connectivity index (χ0v) is 14.6. The fourth-order valence-corrected chi connectivity index (χ4v) is 2.98. The number of carbonyl (C=O) groups excluding carboxylic acids is 1. The first kappa shape index (κ1) is 16.1. The molecular formula is C20H18N4O2. The molecular weight excluding hydrogens is 328 g/mol. The summed E-state index contributed by atoms with van der Waals surface area (Å²) in [4.78, 5) is 16.5. The number of aromatic nitrogens is 3. The van der Waals surface area contributed by atoms with E-state index in [1.165, 1.54) is 0 Å². The number of nitrogens with zero attached hydrogens (tertiary/aromatic N) is 3. The van der Waals surface area contributed by atoms with Gasteiger partial charge in [-0.3, -0.25) is 9.48 Å². The normalized spacial score (nSPS) is 11.0. The molecule has 1 amide bonds. The van der Waals surface area contributed by atoms with Crippen molar-refractivity contribution in [2.45, 2.75) is 6.92 Å². The Morgan fingerprint density at radius 2 is 1.96 bits per heavy atom. The van der Waals surface area contributed by atoms with Crippen LogP contribution in [0.15, 0.2) is 54.7 Å². The molecule has 26 heavy (non-hydrogen) atoms. The Balaban J connectivity index is 1.44. The first-order valence-electron chi connectivity index (χ1n) is 8.31. The van der Waals surface area contributed by atoms with Gasteiger partial charge in [-0.1, -0.05) is 30.3 Å². The highest BCUT2D eigenvalue weighted by atomic mass is 16.5. The van der Waals surface area contributed by atoms with E-state index in [-0.39, 0.29) is 12.5 Å². The second-order valence-electron chi connectivity index (χ2n) is 6.15. The maximum Gasteiger partial charge on any atom is 0.262 e. The lowest BCUT2D eigenvalue weighted by atomic mass is 10.1. The lowest BCUT2D eigenvalue weighted by Crippen LogP contribution is -2.20. The van der Waals surface area contributed by atoms with E-state index in [9.17, 15) is 4.79 Å². The third-order valence-electron chi connectivity index (χ3n) is 4.24. The van der Waals surface area contributed by atoms with Crippen molar-refractivity contribution in [2.75, 3.05) is 11.9 Å². The molecule has 0 radical (unpaired) electrons. The van der Waals surface area contributed by atoms with Crippen LogP contribution >= 0.6 is 0 Å². The highest BCUT2D eigenvalue weighted by molar-refractivity contribution is 5.94. The summed E-state index contributed by atoms with van der Waals surface area (Å²) in [5.41, 5.74) is 2.28. The number of carbonyl (C=O) groups is 1. The summed E-state index contributed by atoms with van der Waals surface area (Å²) in [5.74, 6) is 0.427. The molecule has 0 aliphatic heterocycles. The van der Waals surface area contributed by atoms with Crippen molar-refractivity contribution in [1.82, 2.24) is 14.8 Å². The zero-order chi connectivity index (χ0) is 18.1. The lowest BCUT2D eigenvalue weighted by Gasteiger charge is -2.08. The summed E-state index contributed by atoms with van der Waals surface area (Å²) in [6, 6.07) is 15.7. The predicted octanol–water partition coefficient (Wildman–Crippen LogP) is 3.45. The van der Waals surface area contributed by atoms with E-state index >= 15 is 0 Å². The molecule has 0 bridgehead atoms. The minimum Gasteiger partial charge on any atom is -0.484 e. The molecule has 0 saturated carbocycles. The van der Waals surface area contributed by atoms with Gasteiger partial charge in [-0.05, 0) is 35.9 Å². The second-order valence-corrected chi connectivity index (χ2v) is 6.15. The summed E-state index contributed by atoms with van der Waals surface area (Å²) in [6.45, 7) is 1.85. The van der Waals surface area contributed by atoms with Gasteiger partial charge in [0.15, 0.2) is 12.3 Å². The van der Waals surface area contributed by atoms with E-state index in [0.717, 1.165) is 27.5 Å². The topological polar surface area (TPSA) is 69.0 Å². The molecule has 1 N–H and O–H groups in total.